The molecule has 0 aliphatic rings. The lowest BCUT2D eigenvalue weighted by Crippen LogP contribution is -1.88. The third-order valence-electron chi connectivity index (χ3n) is 2.95. The van der Waals surface area contributed by atoms with Gasteiger partial charge in [0.25, 0.3) is 0 Å². The van der Waals surface area contributed by atoms with Crippen LogP contribution in [0.1, 0.15) is 16.7 Å². The van der Waals surface area contributed by atoms with Gasteiger partial charge in [0, 0.05) is 5.69 Å². The molecule has 18 heavy (non-hydrogen) atoms. The summed E-state index contributed by atoms with van der Waals surface area (Å²) in [6, 6.07) is 16.0. The first kappa shape index (κ1) is 12.2. The molecule has 0 fully saturated rings. The highest BCUT2D eigenvalue weighted by Crippen LogP contribution is 2.20. The van der Waals surface area contributed by atoms with Crippen molar-refractivity contribution in [1.29, 1.82) is 0 Å². The lowest BCUT2D eigenvalue weighted by atomic mass is 10.0. The van der Waals surface area contributed by atoms with Crippen LogP contribution < -0.4 is 5.73 Å². The Hall–Kier alpha value is -2.28. The van der Waals surface area contributed by atoms with Crippen molar-refractivity contribution in [3.05, 3.63) is 77.9 Å². The Kier molecular flexibility index (Phi) is 3.63. The van der Waals surface area contributed by atoms with Crippen LogP contribution in [0.15, 0.2) is 61.2 Å². The van der Waals surface area contributed by atoms with Crippen molar-refractivity contribution in [1.82, 2.24) is 0 Å². The average Bonchev–Trinajstić information content (AvgIpc) is 2.38. The van der Waals surface area contributed by atoms with E-state index in [-0.39, 0.29) is 0 Å². The van der Waals surface area contributed by atoms with Gasteiger partial charge in [-0.1, -0.05) is 61.2 Å². The van der Waals surface area contributed by atoms with Crippen molar-refractivity contribution in [2.75, 3.05) is 5.73 Å². The third kappa shape index (κ3) is 2.69. The average molecular weight is 235 g/mol. The predicted molar refractivity (Wildman–Crippen MR) is 80.1 cm³/mol. The van der Waals surface area contributed by atoms with E-state index in [4.69, 9.17) is 5.73 Å². The highest BCUT2D eigenvalue weighted by atomic mass is 14.5. The molecule has 1 nitrogen and oxygen atoms in total. The number of hydrogen-bond acceptors (Lipinski definition) is 1. The second-order valence-electron chi connectivity index (χ2n) is 4.30. The third-order valence-corrected chi connectivity index (χ3v) is 2.95. The SMILES string of the molecule is C=C(/C=C\c1ccccc1N)c1ccccc1C. The maximum Gasteiger partial charge on any atom is 0.0387 e. The Morgan fingerprint density at radius 2 is 1.72 bits per heavy atom. The van der Waals surface area contributed by atoms with Gasteiger partial charge in [-0.15, -0.1) is 0 Å². The highest BCUT2D eigenvalue weighted by Gasteiger charge is 1.99. The van der Waals surface area contributed by atoms with Crippen molar-refractivity contribution in [2.45, 2.75) is 6.92 Å². The summed E-state index contributed by atoms with van der Waals surface area (Å²) in [5.74, 6) is 0. The summed E-state index contributed by atoms with van der Waals surface area (Å²) in [4.78, 5) is 0. The molecule has 2 aromatic carbocycles. The highest BCUT2D eigenvalue weighted by molar-refractivity contribution is 5.80. The van der Waals surface area contributed by atoms with Crippen molar-refractivity contribution in [3.8, 4) is 0 Å². The van der Waals surface area contributed by atoms with Crippen molar-refractivity contribution < 1.29 is 0 Å². The minimum Gasteiger partial charge on any atom is -0.398 e. The van der Waals surface area contributed by atoms with Gasteiger partial charge < -0.3 is 5.73 Å². The number of rotatable bonds is 3. The Labute approximate surface area is 108 Å². The molecule has 0 unspecified atom stereocenters. The molecular weight excluding hydrogens is 218 g/mol. The molecule has 0 radical (unpaired) electrons. The normalized spacial score (nSPS) is 10.7. The molecule has 0 spiro atoms. The smallest absolute Gasteiger partial charge is 0.0387 e. The summed E-state index contributed by atoms with van der Waals surface area (Å²) in [6.07, 6.45) is 4.01. The zero-order valence-corrected chi connectivity index (χ0v) is 10.6. The number of allylic oxidation sites excluding steroid dienone is 2. The first-order valence-corrected chi connectivity index (χ1v) is 5.96. The Balaban J connectivity index is 2.23. The quantitative estimate of drug-likeness (QED) is 0.623. The Morgan fingerprint density at radius 1 is 1.06 bits per heavy atom. The van der Waals surface area contributed by atoms with Crippen LogP contribution in [0.3, 0.4) is 0 Å². The molecule has 0 aliphatic carbocycles. The van der Waals surface area contributed by atoms with E-state index in [1.165, 1.54) is 11.1 Å². The minimum atomic E-state index is 0.784. The van der Waals surface area contributed by atoms with E-state index in [1.54, 1.807) is 0 Å². The maximum atomic E-state index is 5.89. The van der Waals surface area contributed by atoms with Crippen LogP contribution in [0.25, 0.3) is 11.6 Å². The lowest BCUT2D eigenvalue weighted by Gasteiger charge is -2.05. The van der Waals surface area contributed by atoms with Crippen LogP contribution in [0, 0.1) is 6.92 Å². The fraction of sp³-hybridized carbons (Fsp3) is 0.0588. The molecule has 0 heterocycles. The summed E-state index contributed by atoms with van der Waals surface area (Å²) >= 11 is 0. The molecule has 0 amide bonds. The van der Waals surface area contributed by atoms with Crippen LogP contribution in [0.4, 0.5) is 5.69 Å². The van der Waals surface area contributed by atoms with E-state index < -0.39 is 0 Å². The number of aryl methyl sites for hydroxylation is 1. The molecule has 0 saturated heterocycles. The maximum absolute atomic E-state index is 5.89. The van der Waals surface area contributed by atoms with E-state index in [1.807, 2.05) is 48.6 Å². The van der Waals surface area contributed by atoms with Gasteiger partial charge in [-0.25, -0.2) is 0 Å². The van der Waals surface area contributed by atoms with Crippen LogP contribution in [-0.4, -0.2) is 0 Å². The van der Waals surface area contributed by atoms with Crippen LogP contribution in [0.5, 0.6) is 0 Å². The standard InChI is InChI=1S/C17H17N/c1-13-7-3-5-9-16(13)14(2)11-12-15-8-4-6-10-17(15)18/h3-12H,2,18H2,1H3/b12-11-. The molecule has 2 N–H and O–H groups in total. The summed E-state index contributed by atoms with van der Waals surface area (Å²) in [6.45, 7) is 6.19. The van der Waals surface area contributed by atoms with Gasteiger partial charge in [0.1, 0.15) is 0 Å². The van der Waals surface area contributed by atoms with Gasteiger partial charge in [-0.05, 0) is 35.3 Å². The van der Waals surface area contributed by atoms with Crippen LogP contribution >= 0.6 is 0 Å². The fourth-order valence-electron chi connectivity index (χ4n) is 1.88. The molecule has 0 aromatic heterocycles. The Bertz CT molecular complexity index is 594. The zero-order valence-electron chi connectivity index (χ0n) is 10.6. The first-order valence-electron chi connectivity index (χ1n) is 5.96. The van der Waals surface area contributed by atoms with Crippen LogP contribution in [0.2, 0.25) is 0 Å². The van der Waals surface area contributed by atoms with E-state index in [0.29, 0.717) is 0 Å². The van der Waals surface area contributed by atoms with Gasteiger partial charge in [0.05, 0.1) is 0 Å². The van der Waals surface area contributed by atoms with Gasteiger partial charge >= 0.3 is 0 Å². The molecule has 2 aromatic rings. The van der Waals surface area contributed by atoms with Gasteiger partial charge in [-0.2, -0.15) is 0 Å². The first-order chi connectivity index (χ1) is 8.68. The largest absolute Gasteiger partial charge is 0.398 e. The monoisotopic (exact) mass is 235 g/mol. The second kappa shape index (κ2) is 5.37. The molecule has 0 atom stereocenters. The van der Waals surface area contributed by atoms with Gasteiger partial charge in [-0.3, -0.25) is 0 Å². The second-order valence-corrected chi connectivity index (χ2v) is 4.30. The van der Waals surface area contributed by atoms with E-state index in [9.17, 15) is 0 Å². The fourth-order valence-corrected chi connectivity index (χ4v) is 1.88. The number of hydrogen-bond donors (Lipinski definition) is 1. The number of anilines is 1. The predicted octanol–water partition coefficient (Wildman–Crippen LogP) is 4.30. The molecular formula is C17H17N. The van der Waals surface area contributed by atoms with Gasteiger partial charge in [0.15, 0.2) is 0 Å². The van der Waals surface area contributed by atoms with Crippen molar-refractivity contribution in [2.24, 2.45) is 0 Å². The lowest BCUT2D eigenvalue weighted by molar-refractivity contribution is 1.43. The Morgan fingerprint density at radius 3 is 2.44 bits per heavy atom. The van der Waals surface area contributed by atoms with Crippen molar-refractivity contribution >= 4 is 17.3 Å². The molecule has 0 bridgehead atoms. The summed E-state index contributed by atoms with van der Waals surface area (Å²) in [7, 11) is 0. The number of nitrogens with two attached hydrogens (primary N) is 1. The summed E-state index contributed by atoms with van der Waals surface area (Å²) in [5.41, 5.74) is 11.1. The minimum absolute atomic E-state index is 0.784. The van der Waals surface area contributed by atoms with Gasteiger partial charge in [0.2, 0.25) is 0 Å². The number of nitrogen functional groups attached to an aromatic ring is 1. The summed E-state index contributed by atoms with van der Waals surface area (Å²) < 4.78 is 0. The van der Waals surface area contributed by atoms with E-state index >= 15 is 0 Å². The molecule has 1 heteroatoms. The van der Waals surface area contributed by atoms with E-state index in [0.717, 1.165) is 16.8 Å². The topological polar surface area (TPSA) is 26.0 Å². The number of benzene rings is 2. The molecule has 2 rings (SSSR count). The zero-order chi connectivity index (χ0) is 13.0. The van der Waals surface area contributed by atoms with Crippen molar-refractivity contribution in [3.63, 3.8) is 0 Å². The summed E-state index contributed by atoms with van der Waals surface area (Å²) in [5, 5.41) is 0. The van der Waals surface area contributed by atoms with E-state index in [2.05, 4.69) is 25.6 Å². The molecule has 0 saturated carbocycles. The number of para-hydroxylation sites is 1. The molecule has 90 valence electrons. The molecule has 0 aliphatic heterocycles. The van der Waals surface area contributed by atoms with Crippen LogP contribution in [-0.2, 0) is 0 Å².